The number of nitrogens with one attached hydrogen (secondary N) is 2. The lowest BCUT2D eigenvalue weighted by Gasteiger charge is -2.12. The van der Waals surface area contributed by atoms with Gasteiger partial charge in [0.25, 0.3) is 5.91 Å². The molecule has 9 heteroatoms. The molecule has 6 aromatic rings. The second-order valence-electron chi connectivity index (χ2n) is 8.28. The molecule has 0 aliphatic heterocycles. The summed E-state index contributed by atoms with van der Waals surface area (Å²) in [6, 6.07) is 26.3. The first-order valence-electron chi connectivity index (χ1n) is 11.6. The number of carbonyl (C=O) groups is 1. The maximum Gasteiger partial charge on any atom is 0.255 e. The van der Waals surface area contributed by atoms with Gasteiger partial charge in [-0.2, -0.15) is 4.52 Å². The van der Waals surface area contributed by atoms with Crippen molar-refractivity contribution >= 4 is 39.5 Å². The molecule has 0 atom stereocenters. The Hall–Kier alpha value is -5.31. The summed E-state index contributed by atoms with van der Waals surface area (Å²) in [6.07, 6.45) is 3.18. The van der Waals surface area contributed by atoms with Crippen LogP contribution in [0.15, 0.2) is 97.3 Å². The van der Waals surface area contributed by atoms with E-state index in [1.54, 1.807) is 36.2 Å². The topological polar surface area (TPSA) is 106 Å². The minimum atomic E-state index is -0.210. The standard InChI is InChI=1S/C28H21N7O2/c1-37-22-11-9-18(10-12-22)26-32-33-27-24-8-3-2-7-23(24)25(34-35(26)27)30-20-5-4-6-21(17-20)31-28(36)19-13-15-29-16-14-19/h2-17H,1H3,(H,30,34)(H,31,36). The minimum absolute atomic E-state index is 0.210. The highest BCUT2D eigenvalue weighted by molar-refractivity contribution is 6.04. The molecule has 6 rings (SSSR count). The summed E-state index contributed by atoms with van der Waals surface area (Å²) in [5.74, 6) is 1.80. The number of nitrogens with zero attached hydrogens (tertiary/aromatic N) is 5. The second kappa shape index (κ2) is 9.38. The number of carbonyl (C=O) groups excluding carboxylic acids is 1. The summed E-state index contributed by atoms with van der Waals surface area (Å²) in [5, 5.41) is 21.9. The molecule has 0 saturated carbocycles. The molecule has 1 amide bonds. The molecule has 9 nitrogen and oxygen atoms in total. The summed E-state index contributed by atoms with van der Waals surface area (Å²) >= 11 is 0. The van der Waals surface area contributed by atoms with Gasteiger partial charge in [-0.05, 0) is 54.6 Å². The molecule has 0 aliphatic carbocycles. The molecular weight excluding hydrogens is 466 g/mol. The lowest BCUT2D eigenvalue weighted by atomic mass is 10.1. The Morgan fingerprint density at radius 1 is 0.838 bits per heavy atom. The van der Waals surface area contributed by atoms with E-state index in [0.717, 1.165) is 27.8 Å². The average Bonchev–Trinajstić information content (AvgIpc) is 3.38. The van der Waals surface area contributed by atoms with Crippen LogP contribution in [0.4, 0.5) is 17.2 Å². The van der Waals surface area contributed by atoms with Crippen LogP contribution in [0.1, 0.15) is 10.4 Å². The quantitative estimate of drug-likeness (QED) is 0.326. The summed E-state index contributed by atoms with van der Waals surface area (Å²) in [6.45, 7) is 0. The Kier molecular flexibility index (Phi) is 5.62. The van der Waals surface area contributed by atoms with E-state index in [0.29, 0.717) is 28.5 Å². The molecule has 3 aromatic carbocycles. The molecule has 0 fully saturated rings. The van der Waals surface area contributed by atoms with E-state index in [4.69, 9.17) is 9.84 Å². The van der Waals surface area contributed by atoms with Crippen LogP contribution in [0.3, 0.4) is 0 Å². The number of ether oxygens (including phenoxy) is 1. The predicted molar refractivity (Wildman–Crippen MR) is 142 cm³/mol. The Balaban J connectivity index is 1.38. The number of anilines is 3. The summed E-state index contributed by atoms with van der Waals surface area (Å²) in [5.41, 5.74) is 3.47. The van der Waals surface area contributed by atoms with Gasteiger partial charge in [0.15, 0.2) is 17.3 Å². The van der Waals surface area contributed by atoms with Crippen LogP contribution < -0.4 is 15.4 Å². The zero-order chi connectivity index (χ0) is 25.2. The highest BCUT2D eigenvalue weighted by atomic mass is 16.5. The third-order valence-electron chi connectivity index (χ3n) is 5.94. The fraction of sp³-hybridized carbons (Fsp3) is 0.0357. The molecule has 0 aliphatic rings. The number of rotatable bonds is 6. The molecule has 2 N–H and O–H groups in total. The number of aromatic nitrogens is 5. The van der Waals surface area contributed by atoms with E-state index in [-0.39, 0.29) is 5.91 Å². The lowest BCUT2D eigenvalue weighted by molar-refractivity contribution is 0.102. The van der Waals surface area contributed by atoms with Crippen molar-refractivity contribution < 1.29 is 9.53 Å². The molecule has 0 unspecified atom stereocenters. The van der Waals surface area contributed by atoms with Crippen molar-refractivity contribution in [1.29, 1.82) is 0 Å². The van der Waals surface area contributed by atoms with E-state index >= 15 is 0 Å². The SMILES string of the molecule is COc1ccc(-c2nnc3c4ccccc4c(Nc4cccc(NC(=O)c5ccncc5)c4)nn23)cc1. The molecule has 37 heavy (non-hydrogen) atoms. The van der Waals surface area contributed by atoms with Gasteiger partial charge in [0.1, 0.15) is 5.75 Å². The third-order valence-corrected chi connectivity index (χ3v) is 5.94. The average molecular weight is 488 g/mol. The molecular formula is C28H21N7O2. The highest BCUT2D eigenvalue weighted by Crippen LogP contribution is 2.30. The fourth-order valence-electron chi connectivity index (χ4n) is 4.11. The molecule has 0 spiro atoms. The Morgan fingerprint density at radius 2 is 1.59 bits per heavy atom. The van der Waals surface area contributed by atoms with Gasteiger partial charge in [0.2, 0.25) is 0 Å². The van der Waals surface area contributed by atoms with Crippen LogP contribution in [0.5, 0.6) is 5.75 Å². The van der Waals surface area contributed by atoms with Crippen molar-refractivity contribution in [3.63, 3.8) is 0 Å². The first-order chi connectivity index (χ1) is 18.2. The number of hydrogen-bond donors (Lipinski definition) is 2. The highest BCUT2D eigenvalue weighted by Gasteiger charge is 2.16. The molecule has 3 heterocycles. The van der Waals surface area contributed by atoms with Crippen molar-refractivity contribution in [3.05, 3.63) is 103 Å². The number of hydrogen-bond acceptors (Lipinski definition) is 7. The van der Waals surface area contributed by atoms with Crippen LogP contribution in [0, 0.1) is 0 Å². The van der Waals surface area contributed by atoms with Crippen LogP contribution in [-0.2, 0) is 0 Å². The van der Waals surface area contributed by atoms with Gasteiger partial charge >= 0.3 is 0 Å². The molecule has 180 valence electrons. The van der Waals surface area contributed by atoms with E-state index in [2.05, 4.69) is 25.8 Å². The van der Waals surface area contributed by atoms with Gasteiger partial charge < -0.3 is 15.4 Å². The number of amides is 1. The Labute approximate surface area is 211 Å². The van der Waals surface area contributed by atoms with E-state index in [1.165, 1.54) is 0 Å². The Bertz CT molecular complexity index is 1730. The van der Waals surface area contributed by atoms with Gasteiger partial charge in [0.05, 0.1) is 7.11 Å². The van der Waals surface area contributed by atoms with Crippen molar-refractivity contribution in [3.8, 4) is 17.1 Å². The fourth-order valence-corrected chi connectivity index (χ4v) is 4.11. The third kappa shape index (κ3) is 4.30. The van der Waals surface area contributed by atoms with Gasteiger partial charge in [0, 0.05) is 45.7 Å². The molecule has 3 aromatic heterocycles. The molecule has 0 bridgehead atoms. The maximum absolute atomic E-state index is 12.6. The van der Waals surface area contributed by atoms with Crippen LogP contribution in [-0.4, -0.2) is 37.8 Å². The zero-order valence-electron chi connectivity index (χ0n) is 19.8. The molecule has 0 radical (unpaired) electrons. The summed E-state index contributed by atoms with van der Waals surface area (Å²) in [7, 11) is 1.63. The molecule has 0 saturated heterocycles. The van der Waals surface area contributed by atoms with Gasteiger partial charge in [-0.1, -0.05) is 30.3 Å². The van der Waals surface area contributed by atoms with Crippen molar-refractivity contribution in [2.45, 2.75) is 0 Å². The predicted octanol–water partition coefficient (Wildman–Crippen LogP) is 5.34. The lowest BCUT2D eigenvalue weighted by Crippen LogP contribution is -2.12. The van der Waals surface area contributed by atoms with Crippen molar-refractivity contribution in [1.82, 2.24) is 24.8 Å². The summed E-state index contributed by atoms with van der Waals surface area (Å²) < 4.78 is 7.02. The van der Waals surface area contributed by atoms with Crippen LogP contribution >= 0.6 is 0 Å². The zero-order valence-corrected chi connectivity index (χ0v) is 19.8. The normalized spacial score (nSPS) is 10.9. The number of methoxy groups -OCH3 is 1. The van der Waals surface area contributed by atoms with Crippen molar-refractivity contribution in [2.24, 2.45) is 0 Å². The first kappa shape index (κ1) is 22.2. The maximum atomic E-state index is 12.6. The number of benzene rings is 3. The van der Waals surface area contributed by atoms with E-state index in [1.807, 2.05) is 72.8 Å². The number of fused-ring (bicyclic) bond motifs is 3. The van der Waals surface area contributed by atoms with Crippen LogP contribution in [0.25, 0.3) is 27.8 Å². The Morgan fingerprint density at radius 3 is 2.38 bits per heavy atom. The van der Waals surface area contributed by atoms with Crippen molar-refractivity contribution in [2.75, 3.05) is 17.7 Å². The smallest absolute Gasteiger partial charge is 0.255 e. The van der Waals surface area contributed by atoms with E-state index in [9.17, 15) is 4.79 Å². The van der Waals surface area contributed by atoms with Crippen LogP contribution in [0.2, 0.25) is 0 Å². The minimum Gasteiger partial charge on any atom is -0.497 e. The number of pyridine rings is 1. The van der Waals surface area contributed by atoms with Gasteiger partial charge in [-0.3, -0.25) is 9.78 Å². The van der Waals surface area contributed by atoms with E-state index < -0.39 is 0 Å². The second-order valence-corrected chi connectivity index (χ2v) is 8.28. The summed E-state index contributed by atoms with van der Waals surface area (Å²) in [4.78, 5) is 16.5. The van der Waals surface area contributed by atoms with Gasteiger partial charge in [-0.15, -0.1) is 15.3 Å². The largest absolute Gasteiger partial charge is 0.497 e. The van der Waals surface area contributed by atoms with Gasteiger partial charge in [-0.25, -0.2) is 0 Å². The monoisotopic (exact) mass is 487 g/mol. The first-order valence-corrected chi connectivity index (χ1v) is 11.6.